The van der Waals surface area contributed by atoms with Gasteiger partial charge in [-0.05, 0) is 17.7 Å². The molecule has 1 aromatic carbocycles. The predicted octanol–water partition coefficient (Wildman–Crippen LogP) is 1.22. The van der Waals surface area contributed by atoms with Crippen LogP contribution in [-0.4, -0.2) is 62.5 Å². The van der Waals surface area contributed by atoms with Gasteiger partial charge in [0.2, 0.25) is 5.79 Å². The Morgan fingerprint density at radius 2 is 2.11 bits per heavy atom. The van der Waals surface area contributed by atoms with Crippen molar-refractivity contribution >= 4 is 18.4 Å². The molecule has 3 rings (SSSR count). The van der Waals surface area contributed by atoms with Crippen molar-refractivity contribution in [1.82, 2.24) is 15.6 Å². The van der Waals surface area contributed by atoms with Crippen LogP contribution in [0.3, 0.4) is 0 Å². The van der Waals surface area contributed by atoms with Crippen molar-refractivity contribution in [2.24, 2.45) is 10.1 Å². The van der Waals surface area contributed by atoms with Crippen LogP contribution in [0.2, 0.25) is 0 Å². The van der Waals surface area contributed by atoms with Crippen LogP contribution in [0.4, 0.5) is 4.39 Å². The first kappa shape index (κ1) is 18.8. The Bertz CT molecular complexity index is 772. The first-order valence-electron chi connectivity index (χ1n) is 8.55. The minimum atomic E-state index is -0.980. The number of nitrogens with one attached hydrogen (secondary N) is 2. The second-order valence-electron chi connectivity index (χ2n) is 6.23. The predicted molar refractivity (Wildman–Crippen MR) is 99.1 cm³/mol. The molecule has 2 aliphatic rings. The number of rotatable bonds is 5. The smallest absolute Gasteiger partial charge is 0.337 e. The number of methoxy groups -OCH3 is 1. The number of benzene rings is 1. The molecule has 1 fully saturated rings. The van der Waals surface area contributed by atoms with Gasteiger partial charge >= 0.3 is 5.97 Å². The number of carbonyl (C=O) groups is 1. The highest BCUT2D eigenvalue weighted by Crippen LogP contribution is 2.19. The minimum absolute atomic E-state index is 0.376. The third kappa shape index (κ3) is 4.62. The molecular weight excluding hydrogens is 353 g/mol. The fourth-order valence-corrected chi connectivity index (χ4v) is 2.70. The van der Waals surface area contributed by atoms with Gasteiger partial charge in [-0.3, -0.25) is 5.43 Å². The standard InChI is InChI=1S/C18H22FN5O3/c1-18(20-12-15(19)16(22-18)24-7-9-27-10-8-24)23-21-11-13-3-5-14(6-4-13)17(25)26-2/h3-6,11-12,22-23H,7-10H2,1-2H3/b21-11-. The number of nitrogens with zero attached hydrogens (tertiary/aromatic N) is 3. The van der Waals surface area contributed by atoms with Crippen LogP contribution in [0.15, 0.2) is 46.0 Å². The second-order valence-corrected chi connectivity index (χ2v) is 6.23. The molecule has 144 valence electrons. The highest BCUT2D eigenvalue weighted by Gasteiger charge is 2.31. The molecule has 2 aliphatic heterocycles. The summed E-state index contributed by atoms with van der Waals surface area (Å²) >= 11 is 0. The molecule has 9 heteroatoms. The van der Waals surface area contributed by atoms with Crippen molar-refractivity contribution in [2.75, 3.05) is 33.4 Å². The summed E-state index contributed by atoms with van der Waals surface area (Å²) in [5.74, 6) is -1.42. The summed E-state index contributed by atoms with van der Waals surface area (Å²) in [5.41, 5.74) is 4.14. The van der Waals surface area contributed by atoms with Gasteiger partial charge in [-0.2, -0.15) is 5.10 Å². The van der Waals surface area contributed by atoms with Crippen molar-refractivity contribution in [3.8, 4) is 0 Å². The van der Waals surface area contributed by atoms with Gasteiger partial charge in [0.25, 0.3) is 0 Å². The van der Waals surface area contributed by atoms with Gasteiger partial charge in [0, 0.05) is 20.0 Å². The fourth-order valence-electron chi connectivity index (χ4n) is 2.70. The Labute approximate surface area is 156 Å². The Morgan fingerprint density at radius 3 is 2.78 bits per heavy atom. The zero-order valence-electron chi connectivity index (χ0n) is 15.2. The minimum Gasteiger partial charge on any atom is -0.465 e. The summed E-state index contributed by atoms with van der Waals surface area (Å²) in [6.45, 7) is 4.08. The highest BCUT2D eigenvalue weighted by atomic mass is 19.1. The Balaban J connectivity index is 1.62. The zero-order valence-corrected chi connectivity index (χ0v) is 15.2. The topological polar surface area (TPSA) is 87.5 Å². The number of carbonyl (C=O) groups excluding carboxylic acids is 1. The number of hydrogen-bond acceptors (Lipinski definition) is 8. The monoisotopic (exact) mass is 375 g/mol. The van der Waals surface area contributed by atoms with Crippen molar-refractivity contribution in [3.63, 3.8) is 0 Å². The number of allylic oxidation sites excluding steroid dienone is 1. The molecule has 1 saturated heterocycles. The Kier molecular flexibility index (Phi) is 5.70. The second kappa shape index (κ2) is 8.17. The lowest BCUT2D eigenvalue weighted by molar-refractivity contribution is 0.0452. The van der Waals surface area contributed by atoms with Crippen molar-refractivity contribution in [2.45, 2.75) is 12.7 Å². The number of hydrazone groups is 1. The molecule has 1 aromatic rings. The molecule has 0 saturated carbocycles. The van der Waals surface area contributed by atoms with Gasteiger partial charge in [-0.25, -0.2) is 14.2 Å². The van der Waals surface area contributed by atoms with E-state index < -0.39 is 17.6 Å². The van der Waals surface area contributed by atoms with Gasteiger partial charge in [0.15, 0.2) is 5.83 Å². The molecular formula is C18H22FN5O3. The number of aliphatic imine (C=N–C) groups is 1. The molecule has 0 radical (unpaired) electrons. The lowest BCUT2D eigenvalue weighted by Gasteiger charge is -2.38. The first-order valence-corrected chi connectivity index (χ1v) is 8.55. The molecule has 27 heavy (non-hydrogen) atoms. The Hall–Kier alpha value is -2.94. The van der Waals surface area contributed by atoms with E-state index in [9.17, 15) is 9.18 Å². The van der Waals surface area contributed by atoms with Gasteiger partial charge in [0.1, 0.15) is 5.82 Å². The average molecular weight is 375 g/mol. The normalized spacial score (nSPS) is 22.7. The van der Waals surface area contributed by atoms with Gasteiger partial charge in [0.05, 0.1) is 38.3 Å². The van der Waals surface area contributed by atoms with E-state index in [1.165, 1.54) is 13.3 Å². The number of ether oxygens (including phenoxy) is 2. The van der Waals surface area contributed by atoms with E-state index in [-0.39, 0.29) is 0 Å². The lowest BCUT2D eigenvalue weighted by Crippen LogP contribution is -2.56. The summed E-state index contributed by atoms with van der Waals surface area (Å²) < 4.78 is 24.1. The molecule has 0 spiro atoms. The van der Waals surface area contributed by atoms with Crippen molar-refractivity contribution < 1.29 is 18.7 Å². The summed E-state index contributed by atoms with van der Waals surface area (Å²) in [5, 5.41) is 7.24. The maximum atomic E-state index is 14.2. The average Bonchev–Trinajstić information content (AvgIpc) is 2.70. The quantitative estimate of drug-likeness (QED) is 0.457. The summed E-state index contributed by atoms with van der Waals surface area (Å²) in [6.07, 6.45) is 2.78. The van der Waals surface area contributed by atoms with Crippen molar-refractivity contribution in [1.29, 1.82) is 0 Å². The highest BCUT2D eigenvalue weighted by molar-refractivity contribution is 5.90. The molecule has 2 heterocycles. The van der Waals surface area contributed by atoms with Gasteiger partial charge in [-0.15, -0.1) is 0 Å². The van der Waals surface area contributed by atoms with Crippen LogP contribution in [0.25, 0.3) is 0 Å². The van der Waals surface area contributed by atoms with Crippen LogP contribution in [0.5, 0.6) is 0 Å². The molecule has 0 aromatic heterocycles. The molecule has 2 N–H and O–H groups in total. The third-order valence-corrected chi connectivity index (χ3v) is 4.18. The van der Waals surface area contributed by atoms with E-state index in [0.717, 1.165) is 5.56 Å². The van der Waals surface area contributed by atoms with Crippen LogP contribution in [-0.2, 0) is 9.47 Å². The molecule has 1 atom stereocenters. The number of hydrogen-bond donors (Lipinski definition) is 2. The molecule has 8 nitrogen and oxygen atoms in total. The van der Waals surface area contributed by atoms with Crippen LogP contribution in [0.1, 0.15) is 22.8 Å². The summed E-state index contributed by atoms with van der Waals surface area (Å²) in [6, 6.07) is 6.80. The number of halogens is 1. The maximum Gasteiger partial charge on any atom is 0.337 e. The van der Waals surface area contributed by atoms with Crippen LogP contribution < -0.4 is 10.7 Å². The molecule has 1 unspecified atom stereocenters. The van der Waals surface area contributed by atoms with Crippen LogP contribution >= 0.6 is 0 Å². The molecule has 0 bridgehead atoms. The van der Waals surface area contributed by atoms with E-state index in [0.29, 0.717) is 37.7 Å². The van der Waals surface area contributed by atoms with Crippen molar-refractivity contribution in [3.05, 3.63) is 47.0 Å². The summed E-state index contributed by atoms with van der Waals surface area (Å²) in [7, 11) is 1.34. The fraction of sp³-hybridized carbons (Fsp3) is 0.389. The largest absolute Gasteiger partial charge is 0.465 e. The van der Waals surface area contributed by atoms with Gasteiger partial charge < -0.3 is 19.7 Å². The van der Waals surface area contributed by atoms with E-state index in [4.69, 9.17) is 4.74 Å². The van der Waals surface area contributed by atoms with E-state index >= 15 is 0 Å². The third-order valence-electron chi connectivity index (χ3n) is 4.18. The number of esters is 1. The summed E-state index contributed by atoms with van der Waals surface area (Å²) in [4.78, 5) is 17.5. The first-order chi connectivity index (χ1) is 13.0. The molecule has 0 amide bonds. The Morgan fingerprint density at radius 1 is 1.41 bits per heavy atom. The zero-order chi connectivity index (χ0) is 19.3. The molecule has 0 aliphatic carbocycles. The van der Waals surface area contributed by atoms with E-state index in [2.05, 4.69) is 25.6 Å². The lowest BCUT2D eigenvalue weighted by atomic mass is 10.1. The SMILES string of the molecule is COC(=O)c1ccc(/C=N\NC2(C)N=CC(F)=C(N3CCOCC3)N2)cc1. The van der Waals surface area contributed by atoms with E-state index in [1.54, 1.807) is 37.4 Å². The number of morpholine rings is 1. The van der Waals surface area contributed by atoms with Crippen LogP contribution in [0, 0.1) is 0 Å². The van der Waals surface area contributed by atoms with Gasteiger partial charge in [-0.1, -0.05) is 12.1 Å². The maximum absolute atomic E-state index is 14.2. The van der Waals surface area contributed by atoms with E-state index in [1.807, 2.05) is 4.90 Å².